The summed E-state index contributed by atoms with van der Waals surface area (Å²) in [6.07, 6.45) is 4.80. The Bertz CT molecular complexity index is 1090. The molecule has 1 aromatic heterocycles. The SMILES string of the molecule is CCOc1cccc(-c2csc(-c3ccc(C(=O)N4CCC[C@H]4CN4CCCC4)cc3)n2)c1. The minimum atomic E-state index is 0.163. The van der Waals surface area contributed by atoms with Crippen LogP contribution < -0.4 is 4.74 Å². The van der Waals surface area contributed by atoms with Crippen molar-refractivity contribution in [2.24, 2.45) is 0 Å². The molecule has 6 heteroatoms. The van der Waals surface area contributed by atoms with E-state index in [9.17, 15) is 4.79 Å². The number of likely N-dealkylation sites (tertiary alicyclic amines) is 2. The van der Waals surface area contributed by atoms with Gasteiger partial charge in [-0.25, -0.2) is 4.98 Å². The van der Waals surface area contributed by atoms with E-state index in [-0.39, 0.29) is 5.91 Å². The molecule has 2 fully saturated rings. The second-order valence-electron chi connectivity index (χ2n) is 8.88. The minimum Gasteiger partial charge on any atom is -0.494 e. The number of carbonyl (C=O) groups excluding carboxylic acids is 1. The summed E-state index contributed by atoms with van der Waals surface area (Å²) in [6.45, 7) is 6.89. The van der Waals surface area contributed by atoms with E-state index in [4.69, 9.17) is 9.72 Å². The van der Waals surface area contributed by atoms with Crippen molar-refractivity contribution in [2.45, 2.75) is 38.6 Å². The van der Waals surface area contributed by atoms with E-state index in [1.807, 2.05) is 49.4 Å². The lowest BCUT2D eigenvalue weighted by atomic mass is 10.1. The van der Waals surface area contributed by atoms with E-state index in [0.717, 1.165) is 59.1 Å². The highest BCUT2D eigenvalue weighted by molar-refractivity contribution is 7.13. The Morgan fingerprint density at radius 3 is 2.67 bits per heavy atom. The first-order valence-corrected chi connectivity index (χ1v) is 12.9. The molecule has 0 saturated carbocycles. The average Bonchev–Trinajstić information content (AvgIpc) is 3.62. The van der Waals surface area contributed by atoms with Gasteiger partial charge in [-0.15, -0.1) is 11.3 Å². The lowest BCUT2D eigenvalue weighted by Crippen LogP contribution is -2.42. The van der Waals surface area contributed by atoms with E-state index in [2.05, 4.69) is 21.2 Å². The Hall–Kier alpha value is -2.70. The first-order valence-electron chi connectivity index (χ1n) is 12.0. The van der Waals surface area contributed by atoms with Gasteiger partial charge in [0.15, 0.2) is 0 Å². The van der Waals surface area contributed by atoms with Crippen LogP contribution in [-0.4, -0.2) is 59.5 Å². The number of carbonyl (C=O) groups is 1. The second-order valence-corrected chi connectivity index (χ2v) is 9.74. The van der Waals surface area contributed by atoms with Crippen LogP contribution in [0.5, 0.6) is 5.75 Å². The first-order chi connectivity index (χ1) is 16.2. The number of rotatable bonds is 7. The fourth-order valence-electron chi connectivity index (χ4n) is 4.93. The zero-order valence-electron chi connectivity index (χ0n) is 19.2. The van der Waals surface area contributed by atoms with Gasteiger partial charge in [-0.1, -0.05) is 24.3 Å². The number of ether oxygens (including phenoxy) is 1. The average molecular weight is 462 g/mol. The van der Waals surface area contributed by atoms with Gasteiger partial charge in [-0.2, -0.15) is 0 Å². The number of hydrogen-bond donors (Lipinski definition) is 0. The van der Waals surface area contributed by atoms with Crippen molar-refractivity contribution in [3.05, 3.63) is 59.5 Å². The molecule has 2 aliphatic heterocycles. The predicted molar refractivity (Wildman–Crippen MR) is 134 cm³/mol. The third-order valence-electron chi connectivity index (χ3n) is 6.63. The normalized spacial score (nSPS) is 18.7. The van der Waals surface area contributed by atoms with E-state index in [0.29, 0.717) is 12.6 Å². The van der Waals surface area contributed by atoms with Gasteiger partial charge in [0.25, 0.3) is 5.91 Å². The van der Waals surface area contributed by atoms with Gasteiger partial charge in [0.2, 0.25) is 0 Å². The molecule has 0 bridgehead atoms. The number of aromatic nitrogens is 1. The van der Waals surface area contributed by atoms with Gasteiger partial charge in [-0.3, -0.25) is 4.79 Å². The molecule has 2 aliphatic rings. The molecular weight excluding hydrogens is 430 g/mol. The lowest BCUT2D eigenvalue weighted by Gasteiger charge is -2.28. The molecule has 0 radical (unpaired) electrons. The number of benzene rings is 2. The van der Waals surface area contributed by atoms with Crippen LogP contribution in [0.2, 0.25) is 0 Å². The summed E-state index contributed by atoms with van der Waals surface area (Å²) in [5.41, 5.74) is 3.80. The predicted octanol–water partition coefficient (Wildman–Crippen LogP) is 5.58. The second kappa shape index (κ2) is 10.1. The molecule has 1 atom stereocenters. The van der Waals surface area contributed by atoms with Crippen molar-refractivity contribution in [3.63, 3.8) is 0 Å². The molecule has 1 amide bonds. The van der Waals surface area contributed by atoms with Crippen LogP contribution in [-0.2, 0) is 0 Å². The summed E-state index contributed by atoms with van der Waals surface area (Å²) < 4.78 is 5.62. The van der Waals surface area contributed by atoms with E-state index < -0.39 is 0 Å². The van der Waals surface area contributed by atoms with Gasteiger partial charge < -0.3 is 14.5 Å². The van der Waals surface area contributed by atoms with Crippen molar-refractivity contribution >= 4 is 17.2 Å². The third-order valence-corrected chi connectivity index (χ3v) is 7.52. The largest absolute Gasteiger partial charge is 0.494 e. The van der Waals surface area contributed by atoms with Crippen molar-refractivity contribution < 1.29 is 9.53 Å². The molecule has 0 unspecified atom stereocenters. The maximum Gasteiger partial charge on any atom is 0.254 e. The van der Waals surface area contributed by atoms with E-state index in [1.54, 1.807) is 11.3 Å². The fourth-order valence-corrected chi connectivity index (χ4v) is 5.76. The van der Waals surface area contributed by atoms with Crippen molar-refractivity contribution in [2.75, 3.05) is 32.8 Å². The molecule has 0 spiro atoms. The van der Waals surface area contributed by atoms with Crippen LogP contribution in [0.4, 0.5) is 0 Å². The monoisotopic (exact) mass is 461 g/mol. The quantitative estimate of drug-likeness (QED) is 0.461. The molecule has 5 rings (SSSR count). The van der Waals surface area contributed by atoms with Gasteiger partial charge in [0, 0.05) is 41.2 Å². The number of thiazole rings is 1. The van der Waals surface area contributed by atoms with E-state index in [1.165, 1.54) is 25.9 Å². The minimum absolute atomic E-state index is 0.163. The van der Waals surface area contributed by atoms with Gasteiger partial charge >= 0.3 is 0 Å². The number of nitrogens with zero attached hydrogens (tertiary/aromatic N) is 3. The number of hydrogen-bond acceptors (Lipinski definition) is 5. The summed E-state index contributed by atoms with van der Waals surface area (Å²) in [5, 5.41) is 3.03. The summed E-state index contributed by atoms with van der Waals surface area (Å²) in [7, 11) is 0. The fraction of sp³-hybridized carbons (Fsp3) is 0.407. The summed E-state index contributed by atoms with van der Waals surface area (Å²) in [6, 6.07) is 16.4. The van der Waals surface area contributed by atoms with Crippen LogP contribution in [0.25, 0.3) is 21.8 Å². The van der Waals surface area contributed by atoms with Crippen LogP contribution >= 0.6 is 11.3 Å². The molecule has 0 N–H and O–H groups in total. The van der Waals surface area contributed by atoms with Crippen molar-refractivity contribution in [1.82, 2.24) is 14.8 Å². The van der Waals surface area contributed by atoms with E-state index >= 15 is 0 Å². The van der Waals surface area contributed by atoms with Crippen molar-refractivity contribution in [3.8, 4) is 27.6 Å². The summed E-state index contributed by atoms with van der Waals surface area (Å²) in [4.78, 5) is 22.7. The zero-order valence-corrected chi connectivity index (χ0v) is 20.0. The molecule has 3 heterocycles. The summed E-state index contributed by atoms with van der Waals surface area (Å²) >= 11 is 1.62. The highest BCUT2D eigenvalue weighted by Crippen LogP contribution is 2.31. The van der Waals surface area contributed by atoms with Gasteiger partial charge in [0.05, 0.1) is 12.3 Å². The molecular formula is C27H31N3O2S. The molecule has 5 nitrogen and oxygen atoms in total. The highest BCUT2D eigenvalue weighted by Gasteiger charge is 2.31. The Morgan fingerprint density at radius 1 is 1.06 bits per heavy atom. The van der Waals surface area contributed by atoms with Gasteiger partial charge in [0.1, 0.15) is 10.8 Å². The number of amides is 1. The maximum absolute atomic E-state index is 13.2. The third kappa shape index (κ3) is 4.97. The Balaban J connectivity index is 1.28. The zero-order chi connectivity index (χ0) is 22.6. The molecule has 2 saturated heterocycles. The smallest absolute Gasteiger partial charge is 0.254 e. The molecule has 0 aliphatic carbocycles. The molecule has 172 valence electrons. The van der Waals surface area contributed by atoms with Crippen LogP contribution in [0, 0.1) is 0 Å². The van der Waals surface area contributed by atoms with Crippen LogP contribution in [0.1, 0.15) is 43.0 Å². The van der Waals surface area contributed by atoms with Gasteiger partial charge in [-0.05, 0) is 70.0 Å². The topological polar surface area (TPSA) is 45.7 Å². The Morgan fingerprint density at radius 2 is 1.88 bits per heavy atom. The summed E-state index contributed by atoms with van der Waals surface area (Å²) in [5.74, 6) is 1.02. The molecule has 2 aromatic carbocycles. The van der Waals surface area contributed by atoms with Crippen LogP contribution in [0.15, 0.2) is 53.9 Å². The van der Waals surface area contributed by atoms with Crippen LogP contribution in [0.3, 0.4) is 0 Å². The standard InChI is InChI=1S/C27H31N3O2S/c1-2-32-24-9-5-7-22(17-24)25-19-33-26(28-25)20-10-12-21(13-11-20)27(31)30-16-6-8-23(30)18-29-14-3-4-15-29/h5,7,9-13,17,19,23H,2-4,6,8,14-16,18H2,1H3/t23-/m0/s1. The van der Waals surface area contributed by atoms with Crippen molar-refractivity contribution in [1.29, 1.82) is 0 Å². The Kier molecular flexibility index (Phi) is 6.74. The maximum atomic E-state index is 13.2. The first kappa shape index (κ1) is 22.1. The molecule has 33 heavy (non-hydrogen) atoms. The lowest BCUT2D eigenvalue weighted by molar-refractivity contribution is 0.0709. The Labute approximate surface area is 200 Å². The molecule has 3 aromatic rings. The highest BCUT2D eigenvalue weighted by atomic mass is 32.1.